The minimum absolute atomic E-state index is 0.234. The normalized spacial score (nSPS) is 10.6. The van der Waals surface area contributed by atoms with Gasteiger partial charge in [-0.25, -0.2) is 4.79 Å². The van der Waals surface area contributed by atoms with Crippen molar-refractivity contribution in [3.63, 3.8) is 0 Å². The first-order chi connectivity index (χ1) is 15.0. The molecule has 0 aliphatic heterocycles. The molecule has 2 aromatic carbocycles. The van der Waals surface area contributed by atoms with Crippen LogP contribution in [0.2, 0.25) is 0 Å². The zero-order valence-corrected chi connectivity index (χ0v) is 17.9. The van der Waals surface area contributed by atoms with E-state index in [1.165, 1.54) is 17.5 Å². The van der Waals surface area contributed by atoms with Crippen LogP contribution in [-0.4, -0.2) is 23.9 Å². The largest absolute Gasteiger partial charge is 0.457 e. The van der Waals surface area contributed by atoms with E-state index >= 15 is 0 Å². The lowest BCUT2D eigenvalue weighted by Crippen LogP contribution is -2.18. The Morgan fingerprint density at radius 3 is 2.58 bits per heavy atom. The standard InChI is InChI=1S/C24H20N2O4S/c1-15-19-9-8-17(30-18-10-11-26-20(12-18)23(27)25-2)13-21(19)31-22(15)24(28)29-14-16-6-4-3-5-7-16/h3-13H,14H2,1-2H3,(H,25,27). The summed E-state index contributed by atoms with van der Waals surface area (Å²) in [4.78, 5) is 29.0. The molecule has 4 rings (SSSR count). The third-order valence-corrected chi connectivity index (χ3v) is 5.97. The molecule has 0 unspecified atom stereocenters. The molecule has 0 radical (unpaired) electrons. The number of fused-ring (bicyclic) bond motifs is 1. The molecular weight excluding hydrogens is 412 g/mol. The molecule has 0 aliphatic carbocycles. The molecule has 6 nitrogen and oxygen atoms in total. The van der Waals surface area contributed by atoms with Crippen LogP contribution in [0.3, 0.4) is 0 Å². The number of amides is 1. The predicted molar refractivity (Wildman–Crippen MR) is 120 cm³/mol. The van der Waals surface area contributed by atoms with Crippen LogP contribution in [0.25, 0.3) is 10.1 Å². The summed E-state index contributed by atoms with van der Waals surface area (Å²) in [6.45, 7) is 2.15. The Morgan fingerprint density at radius 2 is 1.81 bits per heavy atom. The summed E-state index contributed by atoms with van der Waals surface area (Å²) < 4.78 is 12.3. The summed E-state index contributed by atoms with van der Waals surface area (Å²) >= 11 is 1.37. The topological polar surface area (TPSA) is 77.5 Å². The summed E-state index contributed by atoms with van der Waals surface area (Å²) in [6.07, 6.45) is 1.52. The highest BCUT2D eigenvalue weighted by atomic mass is 32.1. The van der Waals surface area contributed by atoms with Gasteiger partial charge in [-0.1, -0.05) is 30.3 Å². The van der Waals surface area contributed by atoms with Crippen LogP contribution in [0.5, 0.6) is 11.5 Å². The molecule has 2 aromatic heterocycles. The molecule has 0 bridgehead atoms. The monoisotopic (exact) mass is 432 g/mol. The van der Waals surface area contributed by atoms with E-state index in [0.717, 1.165) is 21.2 Å². The molecular formula is C24H20N2O4S. The van der Waals surface area contributed by atoms with Gasteiger partial charge in [-0.3, -0.25) is 9.78 Å². The molecule has 0 saturated heterocycles. The molecule has 31 heavy (non-hydrogen) atoms. The van der Waals surface area contributed by atoms with Gasteiger partial charge in [-0.05, 0) is 47.7 Å². The smallest absolute Gasteiger partial charge is 0.348 e. The first kappa shape index (κ1) is 20.6. The van der Waals surface area contributed by atoms with Gasteiger partial charge in [0.15, 0.2) is 0 Å². The zero-order valence-electron chi connectivity index (χ0n) is 17.0. The second-order valence-electron chi connectivity index (χ2n) is 6.83. The van der Waals surface area contributed by atoms with Crippen molar-refractivity contribution in [2.45, 2.75) is 13.5 Å². The second-order valence-corrected chi connectivity index (χ2v) is 7.89. The van der Waals surface area contributed by atoms with Crippen molar-refractivity contribution in [3.05, 3.63) is 88.6 Å². The summed E-state index contributed by atoms with van der Waals surface area (Å²) in [5.74, 6) is 0.485. The van der Waals surface area contributed by atoms with Gasteiger partial charge in [0, 0.05) is 24.0 Å². The highest BCUT2D eigenvalue weighted by Crippen LogP contribution is 2.35. The maximum Gasteiger partial charge on any atom is 0.348 e. The van der Waals surface area contributed by atoms with Crippen molar-refractivity contribution in [3.8, 4) is 11.5 Å². The van der Waals surface area contributed by atoms with E-state index in [4.69, 9.17) is 9.47 Å². The van der Waals surface area contributed by atoms with Crippen LogP contribution in [-0.2, 0) is 11.3 Å². The summed E-state index contributed by atoms with van der Waals surface area (Å²) in [7, 11) is 1.55. The number of carbonyl (C=O) groups excluding carboxylic acids is 2. The van der Waals surface area contributed by atoms with Crippen LogP contribution in [0.1, 0.15) is 31.3 Å². The number of nitrogens with zero attached hydrogens (tertiary/aromatic N) is 1. The number of pyridine rings is 1. The van der Waals surface area contributed by atoms with Gasteiger partial charge in [-0.15, -0.1) is 11.3 Å². The molecule has 0 aliphatic rings. The minimum atomic E-state index is -0.339. The van der Waals surface area contributed by atoms with E-state index in [-0.39, 0.29) is 24.2 Å². The fourth-order valence-electron chi connectivity index (χ4n) is 3.12. The van der Waals surface area contributed by atoms with Crippen molar-refractivity contribution >= 4 is 33.3 Å². The SMILES string of the molecule is CNC(=O)c1cc(Oc2ccc3c(C)c(C(=O)OCc4ccccc4)sc3c2)ccn1. The molecule has 1 N–H and O–H groups in total. The lowest BCUT2D eigenvalue weighted by molar-refractivity contribution is 0.0478. The van der Waals surface area contributed by atoms with Crippen LogP contribution >= 0.6 is 11.3 Å². The summed E-state index contributed by atoms with van der Waals surface area (Å²) in [5.41, 5.74) is 2.10. The Hall–Kier alpha value is -3.71. The lowest BCUT2D eigenvalue weighted by atomic mass is 10.1. The molecule has 0 atom stereocenters. The lowest BCUT2D eigenvalue weighted by Gasteiger charge is -2.07. The molecule has 7 heteroatoms. The highest BCUT2D eigenvalue weighted by Gasteiger charge is 2.17. The number of rotatable bonds is 6. The number of aromatic nitrogens is 1. The average molecular weight is 433 g/mol. The van der Waals surface area contributed by atoms with Gasteiger partial charge in [-0.2, -0.15) is 0 Å². The van der Waals surface area contributed by atoms with E-state index in [1.807, 2.05) is 55.5 Å². The number of nitrogens with one attached hydrogen (secondary N) is 1. The quantitative estimate of drug-likeness (QED) is 0.428. The Bertz CT molecular complexity index is 1250. The molecule has 156 valence electrons. The second kappa shape index (κ2) is 8.97. The maximum atomic E-state index is 12.6. The first-order valence-corrected chi connectivity index (χ1v) is 10.5. The number of ether oxygens (including phenoxy) is 2. The van der Waals surface area contributed by atoms with Gasteiger partial charge in [0.2, 0.25) is 0 Å². The number of esters is 1. The van der Waals surface area contributed by atoms with Crippen molar-refractivity contribution in [2.24, 2.45) is 0 Å². The molecule has 0 saturated carbocycles. The van der Waals surface area contributed by atoms with Crippen molar-refractivity contribution in [2.75, 3.05) is 7.05 Å². The third kappa shape index (κ3) is 4.57. The molecule has 4 aromatic rings. The van der Waals surface area contributed by atoms with Gasteiger partial charge < -0.3 is 14.8 Å². The minimum Gasteiger partial charge on any atom is -0.457 e. The number of aryl methyl sites for hydroxylation is 1. The van der Waals surface area contributed by atoms with Crippen molar-refractivity contribution in [1.29, 1.82) is 0 Å². The zero-order chi connectivity index (χ0) is 21.8. The number of hydrogen-bond acceptors (Lipinski definition) is 6. The van der Waals surface area contributed by atoms with Crippen LogP contribution in [0.4, 0.5) is 0 Å². The van der Waals surface area contributed by atoms with Gasteiger partial charge in [0.25, 0.3) is 5.91 Å². The number of hydrogen-bond donors (Lipinski definition) is 1. The van der Waals surface area contributed by atoms with E-state index in [9.17, 15) is 9.59 Å². The number of thiophene rings is 1. The third-order valence-electron chi connectivity index (χ3n) is 4.73. The van der Waals surface area contributed by atoms with E-state index in [0.29, 0.717) is 16.4 Å². The number of benzene rings is 2. The van der Waals surface area contributed by atoms with Gasteiger partial charge in [0.05, 0.1) is 0 Å². The molecule has 1 amide bonds. The van der Waals surface area contributed by atoms with Crippen LogP contribution in [0.15, 0.2) is 66.9 Å². The molecule has 0 fully saturated rings. The Labute approximate surface area is 183 Å². The Kier molecular flexibility index (Phi) is 5.95. The first-order valence-electron chi connectivity index (χ1n) is 9.65. The fourth-order valence-corrected chi connectivity index (χ4v) is 4.25. The van der Waals surface area contributed by atoms with E-state index in [2.05, 4.69) is 10.3 Å². The number of carbonyl (C=O) groups is 2. The van der Waals surface area contributed by atoms with Crippen molar-refractivity contribution in [1.82, 2.24) is 10.3 Å². The van der Waals surface area contributed by atoms with Gasteiger partial charge >= 0.3 is 5.97 Å². The van der Waals surface area contributed by atoms with Gasteiger partial charge in [0.1, 0.15) is 28.7 Å². The molecule has 0 spiro atoms. The van der Waals surface area contributed by atoms with E-state index < -0.39 is 0 Å². The fraction of sp³-hybridized carbons (Fsp3) is 0.125. The average Bonchev–Trinajstić information content (AvgIpc) is 3.13. The van der Waals surface area contributed by atoms with E-state index in [1.54, 1.807) is 19.2 Å². The van der Waals surface area contributed by atoms with Crippen molar-refractivity contribution < 1.29 is 19.1 Å². The Balaban J connectivity index is 1.53. The summed E-state index contributed by atoms with van der Waals surface area (Å²) in [5, 5.41) is 3.51. The van der Waals surface area contributed by atoms with Crippen LogP contribution < -0.4 is 10.1 Å². The maximum absolute atomic E-state index is 12.6. The molecule has 2 heterocycles. The predicted octanol–water partition coefficient (Wildman–Crippen LogP) is 5.11. The Morgan fingerprint density at radius 1 is 1.03 bits per heavy atom. The highest BCUT2D eigenvalue weighted by molar-refractivity contribution is 7.21. The summed E-state index contributed by atoms with van der Waals surface area (Å²) in [6, 6.07) is 18.5. The van der Waals surface area contributed by atoms with Crippen LogP contribution in [0, 0.1) is 6.92 Å².